The summed E-state index contributed by atoms with van der Waals surface area (Å²) in [5.41, 5.74) is 2.43. The van der Waals surface area contributed by atoms with Gasteiger partial charge in [0.1, 0.15) is 0 Å². The van der Waals surface area contributed by atoms with Crippen LogP contribution in [0.3, 0.4) is 0 Å². The molecule has 2 aromatic carbocycles. The zero-order valence-corrected chi connectivity index (χ0v) is 18.5. The second kappa shape index (κ2) is 9.96. The number of para-hydroxylation sites is 1. The molecule has 8 heteroatoms. The molecule has 1 saturated heterocycles. The van der Waals surface area contributed by atoms with Gasteiger partial charge in [0.25, 0.3) is 5.91 Å². The number of benzene rings is 2. The van der Waals surface area contributed by atoms with E-state index >= 15 is 0 Å². The molecule has 0 radical (unpaired) electrons. The second-order valence-electron chi connectivity index (χ2n) is 7.27. The van der Waals surface area contributed by atoms with E-state index in [1.165, 1.54) is 11.3 Å². The van der Waals surface area contributed by atoms with E-state index in [0.717, 1.165) is 36.9 Å². The Morgan fingerprint density at radius 3 is 2.19 bits per heavy atom. The van der Waals surface area contributed by atoms with E-state index in [9.17, 15) is 9.59 Å². The first kappa shape index (κ1) is 21.4. The molecule has 0 unspecified atom stereocenters. The SMILES string of the molecule is O=C(CN1CCN(c2ccccc2Cl)CC1)Nc1ccc(NC(=O)c2cccs2)cc1. The number of amides is 2. The lowest BCUT2D eigenvalue weighted by atomic mass is 10.2. The zero-order valence-electron chi connectivity index (χ0n) is 16.9. The van der Waals surface area contributed by atoms with Gasteiger partial charge in [-0.3, -0.25) is 14.5 Å². The van der Waals surface area contributed by atoms with Crippen LogP contribution in [0, 0.1) is 0 Å². The first-order valence-electron chi connectivity index (χ1n) is 10.0. The molecule has 0 atom stereocenters. The van der Waals surface area contributed by atoms with Crippen LogP contribution in [0.1, 0.15) is 9.67 Å². The molecule has 1 aliphatic heterocycles. The fourth-order valence-corrected chi connectivity index (χ4v) is 4.37. The average molecular weight is 455 g/mol. The number of hydrogen-bond acceptors (Lipinski definition) is 5. The van der Waals surface area contributed by atoms with Gasteiger partial charge in [0.15, 0.2) is 0 Å². The molecule has 1 aliphatic rings. The third-order valence-corrected chi connectivity index (χ3v) is 6.29. The van der Waals surface area contributed by atoms with Gasteiger partial charge >= 0.3 is 0 Å². The number of nitrogens with zero attached hydrogens (tertiary/aromatic N) is 2. The molecule has 3 aromatic rings. The number of nitrogens with one attached hydrogen (secondary N) is 2. The Bertz CT molecular complexity index is 1030. The van der Waals surface area contributed by atoms with Gasteiger partial charge in [0, 0.05) is 37.6 Å². The number of piperazine rings is 1. The van der Waals surface area contributed by atoms with Crippen LogP contribution in [0.4, 0.5) is 17.1 Å². The predicted octanol–water partition coefficient (Wildman–Crippen LogP) is 4.41. The molecule has 4 rings (SSSR count). The molecule has 0 bridgehead atoms. The van der Waals surface area contributed by atoms with Crippen molar-refractivity contribution in [1.82, 2.24) is 4.90 Å². The summed E-state index contributed by atoms with van der Waals surface area (Å²) in [5.74, 6) is -0.190. The molecule has 2 amide bonds. The lowest BCUT2D eigenvalue weighted by Gasteiger charge is -2.36. The summed E-state index contributed by atoms with van der Waals surface area (Å²) < 4.78 is 0. The largest absolute Gasteiger partial charge is 0.368 e. The topological polar surface area (TPSA) is 64.7 Å². The fraction of sp³-hybridized carbons (Fsp3) is 0.217. The zero-order chi connectivity index (χ0) is 21.6. The maximum atomic E-state index is 12.4. The summed E-state index contributed by atoms with van der Waals surface area (Å²) in [4.78, 5) is 29.6. The summed E-state index contributed by atoms with van der Waals surface area (Å²) in [6.45, 7) is 3.59. The van der Waals surface area contributed by atoms with Crippen LogP contribution in [0.15, 0.2) is 66.0 Å². The molecule has 160 valence electrons. The lowest BCUT2D eigenvalue weighted by Crippen LogP contribution is -2.48. The third-order valence-electron chi connectivity index (χ3n) is 5.10. The van der Waals surface area contributed by atoms with E-state index in [-0.39, 0.29) is 11.8 Å². The first-order chi connectivity index (χ1) is 15.1. The quantitative estimate of drug-likeness (QED) is 0.579. The number of carbonyl (C=O) groups is 2. The van der Waals surface area contributed by atoms with Gasteiger partial charge in [0.2, 0.25) is 5.91 Å². The number of rotatable bonds is 6. The molecule has 31 heavy (non-hydrogen) atoms. The normalized spacial score (nSPS) is 14.3. The number of hydrogen-bond donors (Lipinski definition) is 2. The molecule has 2 N–H and O–H groups in total. The van der Waals surface area contributed by atoms with Gasteiger partial charge in [-0.2, -0.15) is 0 Å². The van der Waals surface area contributed by atoms with E-state index in [2.05, 4.69) is 20.4 Å². The van der Waals surface area contributed by atoms with Crippen molar-refractivity contribution in [2.75, 3.05) is 48.3 Å². The monoisotopic (exact) mass is 454 g/mol. The molecular weight excluding hydrogens is 432 g/mol. The summed E-state index contributed by atoms with van der Waals surface area (Å²) in [6, 6.07) is 18.6. The highest BCUT2D eigenvalue weighted by atomic mass is 35.5. The molecule has 6 nitrogen and oxygen atoms in total. The van der Waals surface area contributed by atoms with Crippen molar-refractivity contribution >= 4 is 51.8 Å². The van der Waals surface area contributed by atoms with Crippen molar-refractivity contribution in [3.8, 4) is 0 Å². The summed E-state index contributed by atoms with van der Waals surface area (Å²) in [7, 11) is 0. The van der Waals surface area contributed by atoms with Crippen molar-refractivity contribution < 1.29 is 9.59 Å². The molecule has 0 spiro atoms. The van der Waals surface area contributed by atoms with Crippen LogP contribution in [0.2, 0.25) is 5.02 Å². The summed E-state index contributed by atoms with van der Waals surface area (Å²) in [5, 5.41) is 8.39. The Labute approximate surface area is 190 Å². The standard InChI is InChI=1S/C23H23ClN4O2S/c24-19-4-1-2-5-20(19)28-13-11-27(12-14-28)16-22(29)25-17-7-9-18(10-8-17)26-23(30)21-6-3-15-31-21/h1-10,15H,11-14,16H2,(H,25,29)(H,26,30). The minimum absolute atomic E-state index is 0.0541. The Balaban J connectivity index is 1.24. The van der Waals surface area contributed by atoms with Gasteiger partial charge in [-0.15, -0.1) is 11.3 Å². The third kappa shape index (κ3) is 5.64. The molecule has 2 heterocycles. The highest BCUT2D eigenvalue weighted by Crippen LogP contribution is 2.26. The van der Waals surface area contributed by atoms with Crippen molar-refractivity contribution in [2.24, 2.45) is 0 Å². The maximum absolute atomic E-state index is 12.4. The smallest absolute Gasteiger partial charge is 0.265 e. The molecular formula is C23H23ClN4O2S. The minimum atomic E-state index is -0.136. The van der Waals surface area contributed by atoms with E-state index < -0.39 is 0 Å². The summed E-state index contributed by atoms with van der Waals surface area (Å²) in [6.07, 6.45) is 0. The van der Waals surface area contributed by atoms with Gasteiger partial charge in [0.05, 0.1) is 22.1 Å². The minimum Gasteiger partial charge on any atom is -0.368 e. The van der Waals surface area contributed by atoms with Gasteiger partial charge in [-0.1, -0.05) is 29.8 Å². The highest BCUT2D eigenvalue weighted by molar-refractivity contribution is 7.12. The lowest BCUT2D eigenvalue weighted by molar-refractivity contribution is -0.117. The van der Waals surface area contributed by atoms with E-state index in [4.69, 9.17) is 11.6 Å². The van der Waals surface area contributed by atoms with Crippen LogP contribution in [-0.4, -0.2) is 49.4 Å². The van der Waals surface area contributed by atoms with E-state index in [0.29, 0.717) is 22.8 Å². The van der Waals surface area contributed by atoms with Crippen molar-refractivity contribution in [3.63, 3.8) is 0 Å². The van der Waals surface area contributed by atoms with E-state index in [1.54, 1.807) is 30.3 Å². The van der Waals surface area contributed by atoms with Crippen LogP contribution in [0.25, 0.3) is 0 Å². The first-order valence-corrected chi connectivity index (χ1v) is 11.3. The van der Waals surface area contributed by atoms with Crippen LogP contribution in [-0.2, 0) is 4.79 Å². The number of anilines is 3. The van der Waals surface area contributed by atoms with Gasteiger partial charge in [-0.05, 0) is 47.8 Å². The second-order valence-corrected chi connectivity index (χ2v) is 8.63. The molecule has 1 aromatic heterocycles. The summed E-state index contributed by atoms with van der Waals surface area (Å²) >= 11 is 7.69. The van der Waals surface area contributed by atoms with Crippen molar-refractivity contribution in [3.05, 3.63) is 75.9 Å². The van der Waals surface area contributed by atoms with Crippen molar-refractivity contribution in [1.29, 1.82) is 0 Å². The van der Waals surface area contributed by atoms with Crippen LogP contribution >= 0.6 is 22.9 Å². The van der Waals surface area contributed by atoms with E-state index in [1.807, 2.05) is 35.7 Å². The Kier molecular flexibility index (Phi) is 6.86. The Morgan fingerprint density at radius 2 is 1.55 bits per heavy atom. The number of carbonyl (C=O) groups excluding carboxylic acids is 2. The van der Waals surface area contributed by atoms with Gasteiger partial charge < -0.3 is 15.5 Å². The maximum Gasteiger partial charge on any atom is 0.265 e. The fourth-order valence-electron chi connectivity index (χ4n) is 3.50. The van der Waals surface area contributed by atoms with Crippen LogP contribution < -0.4 is 15.5 Å². The molecule has 0 saturated carbocycles. The predicted molar refractivity (Wildman–Crippen MR) is 127 cm³/mol. The molecule has 1 fully saturated rings. The average Bonchev–Trinajstić information content (AvgIpc) is 3.31. The Morgan fingerprint density at radius 1 is 0.871 bits per heavy atom. The van der Waals surface area contributed by atoms with Crippen LogP contribution in [0.5, 0.6) is 0 Å². The molecule has 0 aliphatic carbocycles. The Hall–Kier alpha value is -2.87. The van der Waals surface area contributed by atoms with Crippen molar-refractivity contribution in [2.45, 2.75) is 0 Å². The number of thiophene rings is 1. The number of halogens is 1. The highest BCUT2D eigenvalue weighted by Gasteiger charge is 2.20. The van der Waals surface area contributed by atoms with Gasteiger partial charge in [-0.25, -0.2) is 0 Å².